The molecule has 0 spiro atoms. The van der Waals surface area contributed by atoms with E-state index in [0.717, 1.165) is 57.2 Å². The van der Waals surface area contributed by atoms with E-state index in [-0.39, 0.29) is 10.8 Å². The van der Waals surface area contributed by atoms with E-state index in [9.17, 15) is 13.2 Å². The number of amides is 1. The lowest BCUT2D eigenvalue weighted by molar-refractivity contribution is 0.0723. The maximum absolute atomic E-state index is 13.3. The average Bonchev–Trinajstić information content (AvgIpc) is 2.80. The number of nitrogens with zero attached hydrogens (tertiary/aromatic N) is 2. The molecule has 166 valence electrons. The van der Waals surface area contributed by atoms with Crippen LogP contribution < -0.4 is 0 Å². The highest BCUT2D eigenvalue weighted by Gasteiger charge is 2.30. The van der Waals surface area contributed by atoms with Crippen LogP contribution in [0.25, 0.3) is 0 Å². The molecule has 1 amide bonds. The number of aryl methyl sites for hydroxylation is 1. The molecule has 2 heterocycles. The van der Waals surface area contributed by atoms with Crippen LogP contribution in [0.2, 0.25) is 0 Å². The number of carbonyl (C=O) groups excluding carboxylic acids is 1. The molecule has 2 aliphatic heterocycles. The summed E-state index contributed by atoms with van der Waals surface area (Å²) in [7, 11) is -3.60. The maximum Gasteiger partial charge on any atom is 0.254 e. The third-order valence-electron chi connectivity index (χ3n) is 6.66. The van der Waals surface area contributed by atoms with Crippen molar-refractivity contribution < 1.29 is 13.2 Å². The summed E-state index contributed by atoms with van der Waals surface area (Å²) >= 11 is 0. The van der Waals surface area contributed by atoms with Crippen LogP contribution in [-0.4, -0.2) is 49.7 Å². The van der Waals surface area contributed by atoms with E-state index < -0.39 is 10.0 Å². The van der Waals surface area contributed by atoms with Crippen molar-refractivity contribution in [3.05, 3.63) is 65.2 Å². The molecule has 0 N–H and O–H groups in total. The second kappa shape index (κ2) is 9.53. The molecule has 0 radical (unpaired) electrons. The molecular formula is C25H32N2O3S. The van der Waals surface area contributed by atoms with Crippen molar-refractivity contribution in [3.8, 4) is 0 Å². The van der Waals surface area contributed by atoms with Crippen molar-refractivity contribution in [2.75, 3.05) is 26.2 Å². The Hall–Kier alpha value is -2.18. The van der Waals surface area contributed by atoms with Gasteiger partial charge in [0.2, 0.25) is 10.0 Å². The summed E-state index contributed by atoms with van der Waals surface area (Å²) in [5, 5.41) is 0. The van der Waals surface area contributed by atoms with E-state index in [0.29, 0.717) is 24.6 Å². The van der Waals surface area contributed by atoms with Crippen molar-refractivity contribution in [1.29, 1.82) is 0 Å². The lowest BCUT2D eigenvalue weighted by Gasteiger charge is -2.31. The standard InChI is InChI=1S/C25H32N2O3S/c1-20-10-11-23(19-24(20)25(28)26-14-6-3-7-15-26)31(29,30)27-16-12-22(13-17-27)18-21-8-4-2-5-9-21/h2,4-5,8-11,19,22H,3,6-7,12-18H2,1H3. The van der Waals surface area contributed by atoms with Gasteiger partial charge in [0.15, 0.2) is 0 Å². The average molecular weight is 441 g/mol. The number of carbonyl (C=O) groups is 1. The van der Waals surface area contributed by atoms with E-state index in [2.05, 4.69) is 24.3 Å². The van der Waals surface area contributed by atoms with Crippen molar-refractivity contribution in [2.45, 2.75) is 50.3 Å². The van der Waals surface area contributed by atoms with Crippen LogP contribution in [-0.2, 0) is 16.4 Å². The number of hydrogen-bond acceptors (Lipinski definition) is 3. The van der Waals surface area contributed by atoms with Crippen LogP contribution >= 0.6 is 0 Å². The molecule has 0 saturated carbocycles. The number of piperidine rings is 2. The fourth-order valence-electron chi connectivity index (χ4n) is 4.71. The normalized spacial score (nSPS) is 18.8. The molecule has 2 aromatic carbocycles. The minimum atomic E-state index is -3.60. The zero-order valence-electron chi connectivity index (χ0n) is 18.3. The summed E-state index contributed by atoms with van der Waals surface area (Å²) in [5.41, 5.74) is 2.65. The maximum atomic E-state index is 13.3. The van der Waals surface area contributed by atoms with Gasteiger partial charge < -0.3 is 4.90 Å². The topological polar surface area (TPSA) is 57.7 Å². The van der Waals surface area contributed by atoms with Gasteiger partial charge in [-0.05, 0) is 74.6 Å². The summed E-state index contributed by atoms with van der Waals surface area (Å²) in [4.78, 5) is 15.1. The summed E-state index contributed by atoms with van der Waals surface area (Å²) in [5.74, 6) is 0.457. The van der Waals surface area contributed by atoms with Crippen LogP contribution in [0.15, 0.2) is 53.4 Å². The second-order valence-corrected chi connectivity index (χ2v) is 10.8. The fourth-order valence-corrected chi connectivity index (χ4v) is 6.21. The Bertz CT molecular complexity index is 1010. The molecule has 0 atom stereocenters. The first kappa shape index (κ1) is 22.0. The Balaban J connectivity index is 1.45. The van der Waals surface area contributed by atoms with E-state index in [1.54, 1.807) is 22.5 Å². The molecule has 2 aromatic rings. The molecular weight excluding hydrogens is 408 g/mol. The molecule has 0 aromatic heterocycles. The minimum absolute atomic E-state index is 0.0455. The third kappa shape index (κ3) is 5.01. The minimum Gasteiger partial charge on any atom is -0.339 e. The first-order valence-corrected chi connectivity index (χ1v) is 12.8. The number of rotatable bonds is 5. The lowest BCUT2D eigenvalue weighted by atomic mass is 9.91. The Morgan fingerprint density at radius 1 is 0.935 bits per heavy atom. The van der Waals surface area contributed by atoms with Gasteiger partial charge in [0, 0.05) is 31.7 Å². The fraction of sp³-hybridized carbons (Fsp3) is 0.480. The molecule has 4 rings (SSSR count). The first-order chi connectivity index (χ1) is 14.9. The zero-order chi connectivity index (χ0) is 21.8. The van der Waals surface area contributed by atoms with Gasteiger partial charge in [0.25, 0.3) is 5.91 Å². The van der Waals surface area contributed by atoms with Crippen LogP contribution in [0, 0.1) is 12.8 Å². The summed E-state index contributed by atoms with van der Waals surface area (Å²) in [6.45, 7) is 4.45. The van der Waals surface area contributed by atoms with Crippen molar-refractivity contribution in [3.63, 3.8) is 0 Å². The predicted octanol–water partition coefficient (Wildman–Crippen LogP) is 4.26. The first-order valence-electron chi connectivity index (χ1n) is 11.4. The molecule has 0 unspecified atom stereocenters. The quantitative estimate of drug-likeness (QED) is 0.698. The van der Waals surface area contributed by atoms with Gasteiger partial charge in [-0.1, -0.05) is 36.4 Å². The van der Waals surface area contributed by atoms with Crippen molar-refractivity contribution >= 4 is 15.9 Å². The number of likely N-dealkylation sites (tertiary alicyclic amines) is 1. The molecule has 0 bridgehead atoms. The largest absolute Gasteiger partial charge is 0.339 e. The molecule has 0 aliphatic carbocycles. The number of sulfonamides is 1. The van der Waals surface area contributed by atoms with Gasteiger partial charge in [-0.2, -0.15) is 4.31 Å². The highest BCUT2D eigenvalue weighted by Crippen LogP contribution is 2.27. The van der Waals surface area contributed by atoms with Gasteiger partial charge >= 0.3 is 0 Å². The highest BCUT2D eigenvalue weighted by molar-refractivity contribution is 7.89. The molecule has 6 heteroatoms. The third-order valence-corrected chi connectivity index (χ3v) is 8.56. The van der Waals surface area contributed by atoms with E-state index in [1.165, 1.54) is 5.56 Å². The highest BCUT2D eigenvalue weighted by atomic mass is 32.2. The van der Waals surface area contributed by atoms with Gasteiger partial charge in [-0.15, -0.1) is 0 Å². The van der Waals surface area contributed by atoms with Crippen molar-refractivity contribution in [2.24, 2.45) is 5.92 Å². The number of benzene rings is 2. The summed E-state index contributed by atoms with van der Waals surface area (Å²) in [6, 6.07) is 15.4. The second-order valence-electron chi connectivity index (χ2n) is 8.87. The summed E-state index contributed by atoms with van der Waals surface area (Å²) in [6.07, 6.45) is 5.89. The van der Waals surface area contributed by atoms with E-state index >= 15 is 0 Å². The van der Waals surface area contributed by atoms with Gasteiger partial charge in [0.05, 0.1) is 4.90 Å². The lowest BCUT2D eigenvalue weighted by Crippen LogP contribution is -2.39. The summed E-state index contributed by atoms with van der Waals surface area (Å²) < 4.78 is 28.2. The molecule has 2 aliphatic rings. The number of hydrogen-bond donors (Lipinski definition) is 0. The van der Waals surface area contributed by atoms with Crippen molar-refractivity contribution in [1.82, 2.24) is 9.21 Å². The van der Waals surface area contributed by atoms with Crippen LogP contribution in [0.5, 0.6) is 0 Å². The monoisotopic (exact) mass is 440 g/mol. The molecule has 2 saturated heterocycles. The molecule has 31 heavy (non-hydrogen) atoms. The van der Waals surface area contributed by atoms with Crippen LogP contribution in [0.4, 0.5) is 0 Å². The van der Waals surface area contributed by atoms with E-state index in [4.69, 9.17) is 0 Å². The molecule has 5 nitrogen and oxygen atoms in total. The molecule has 2 fully saturated rings. The van der Waals surface area contributed by atoms with Gasteiger partial charge in [-0.25, -0.2) is 8.42 Å². The zero-order valence-corrected chi connectivity index (χ0v) is 19.1. The Morgan fingerprint density at radius 2 is 1.61 bits per heavy atom. The Kier molecular flexibility index (Phi) is 6.77. The van der Waals surface area contributed by atoms with Crippen LogP contribution in [0.3, 0.4) is 0 Å². The van der Waals surface area contributed by atoms with Crippen LogP contribution in [0.1, 0.15) is 53.6 Å². The SMILES string of the molecule is Cc1ccc(S(=O)(=O)N2CCC(Cc3ccccc3)CC2)cc1C(=O)N1CCCCC1. The smallest absolute Gasteiger partial charge is 0.254 e. The van der Waals surface area contributed by atoms with Gasteiger partial charge in [0.1, 0.15) is 0 Å². The Morgan fingerprint density at radius 3 is 2.29 bits per heavy atom. The van der Waals surface area contributed by atoms with E-state index in [1.807, 2.05) is 17.9 Å². The predicted molar refractivity (Wildman–Crippen MR) is 123 cm³/mol. The van der Waals surface area contributed by atoms with Gasteiger partial charge in [-0.3, -0.25) is 4.79 Å². The Labute approximate surface area is 186 Å².